The van der Waals surface area contributed by atoms with Gasteiger partial charge in [-0.3, -0.25) is 0 Å². The lowest BCUT2D eigenvalue weighted by atomic mass is 10.1. The van der Waals surface area contributed by atoms with Gasteiger partial charge in [-0.2, -0.15) is 0 Å². The summed E-state index contributed by atoms with van der Waals surface area (Å²) in [6.45, 7) is 1.51. The van der Waals surface area contributed by atoms with E-state index in [0.29, 0.717) is 6.54 Å². The second-order valence-corrected chi connectivity index (χ2v) is 6.89. The number of hydrogen-bond acceptors (Lipinski definition) is 3. The van der Waals surface area contributed by atoms with Crippen LogP contribution in [-0.4, -0.2) is 34.3 Å². The van der Waals surface area contributed by atoms with E-state index in [4.69, 9.17) is 0 Å². The van der Waals surface area contributed by atoms with E-state index in [1.165, 1.54) is 25.7 Å². The lowest BCUT2D eigenvalue weighted by Gasteiger charge is -2.10. The number of rotatable bonds is 9. The van der Waals surface area contributed by atoms with Crippen molar-refractivity contribution in [3.8, 4) is 0 Å². The smallest absolute Gasteiger partial charge is 0.211 e. The van der Waals surface area contributed by atoms with Gasteiger partial charge in [0.25, 0.3) is 0 Å². The van der Waals surface area contributed by atoms with Crippen molar-refractivity contribution in [1.29, 1.82) is 0 Å². The predicted octanol–water partition coefficient (Wildman–Crippen LogP) is 1.49. The summed E-state index contributed by atoms with van der Waals surface area (Å²) in [7, 11) is -1.15. The van der Waals surface area contributed by atoms with Crippen LogP contribution in [0.15, 0.2) is 0 Å². The molecule has 0 amide bonds. The summed E-state index contributed by atoms with van der Waals surface area (Å²) in [5, 5.41) is 3.02. The first kappa shape index (κ1) is 14.9. The van der Waals surface area contributed by atoms with Gasteiger partial charge in [0.1, 0.15) is 0 Å². The van der Waals surface area contributed by atoms with E-state index in [0.717, 1.165) is 31.7 Å². The molecular weight excluding hydrogens is 236 g/mol. The van der Waals surface area contributed by atoms with Crippen LogP contribution in [0.2, 0.25) is 0 Å². The fourth-order valence-corrected chi connectivity index (χ4v) is 3.54. The Morgan fingerprint density at radius 3 is 2.47 bits per heavy atom. The zero-order valence-electron chi connectivity index (χ0n) is 10.9. The maximum Gasteiger partial charge on any atom is 0.211 e. The van der Waals surface area contributed by atoms with Gasteiger partial charge in [-0.05, 0) is 38.8 Å². The molecule has 0 unspecified atom stereocenters. The molecule has 0 aromatic rings. The molecular formula is C12H26N2O2S. The molecule has 102 valence electrons. The molecule has 0 bridgehead atoms. The topological polar surface area (TPSA) is 58.2 Å². The maximum atomic E-state index is 11.6. The minimum absolute atomic E-state index is 0.263. The second-order valence-electron chi connectivity index (χ2n) is 4.96. The van der Waals surface area contributed by atoms with Crippen LogP contribution in [0.4, 0.5) is 0 Å². The van der Waals surface area contributed by atoms with E-state index in [2.05, 4.69) is 10.0 Å². The average Bonchev–Trinajstić information content (AvgIpc) is 2.77. The summed E-state index contributed by atoms with van der Waals surface area (Å²) in [4.78, 5) is 0. The maximum absolute atomic E-state index is 11.6. The zero-order valence-corrected chi connectivity index (χ0v) is 11.7. The summed E-state index contributed by atoms with van der Waals surface area (Å²) in [6, 6.07) is 0. The zero-order chi connectivity index (χ0) is 12.6. The minimum Gasteiger partial charge on any atom is -0.320 e. The first-order chi connectivity index (χ1) is 8.14. The van der Waals surface area contributed by atoms with Crippen molar-refractivity contribution in [1.82, 2.24) is 10.0 Å². The molecule has 5 heteroatoms. The van der Waals surface area contributed by atoms with Gasteiger partial charge in [0.15, 0.2) is 0 Å². The second kappa shape index (κ2) is 8.06. The van der Waals surface area contributed by atoms with Crippen molar-refractivity contribution in [3.63, 3.8) is 0 Å². The molecule has 2 N–H and O–H groups in total. The van der Waals surface area contributed by atoms with E-state index in [1.54, 1.807) is 0 Å². The fraction of sp³-hybridized carbons (Fsp3) is 1.00. The van der Waals surface area contributed by atoms with Gasteiger partial charge in [0.05, 0.1) is 5.75 Å². The predicted molar refractivity (Wildman–Crippen MR) is 71.5 cm³/mol. The lowest BCUT2D eigenvalue weighted by molar-refractivity contribution is 0.495. The highest BCUT2D eigenvalue weighted by atomic mass is 32.2. The summed E-state index contributed by atoms with van der Waals surface area (Å²) in [5.74, 6) is 1.02. The van der Waals surface area contributed by atoms with Gasteiger partial charge < -0.3 is 5.32 Å². The highest BCUT2D eigenvalue weighted by Crippen LogP contribution is 2.26. The van der Waals surface area contributed by atoms with Crippen LogP contribution in [0.25, 0.3) is 0 Å². The molecule has 17 heavy (non-hydrogen) atoms. The normalized spacial score (nSPS) is 17.7. The van der Waals surface area contributed by atoms with Crippen molar-refractivity contribution >= 4 is 10.0 Å². The summed E-state index contributed by atoms with van der Waals surface area (Å²) >= 11 is 0. The Morgan fingerprint density at radius 1 is 1.12 bits per heavy atom. The van der Waals surface area contributed by atoms with Crippen LogP contribution < -0.4 is 10.0 Å². The minimum atomic E-state index is -3.03. The molecule has 0 spiro atoms. The van der Waals surface area contributed by atoms with Gasteiger partial charge in [-0.25, -0.2) is 13.1 Å². The first-order valence-corrected chi connectivity index (χ1v) is 8.41. The van der Waals surface area contributed by atoms with E-state index >= 15 is 0 Å². The SMILES string of the molecule is CNCCCCS(=O)(=O)NCCC1CCCC1. The Hall–Kier alpha value is -0.130. The van der Waals surface area contributed by atoms with Gasteiger partial charge in [-0.15, -0.1) is 0 Å². The van der Waals surface area contributed by atoms with Crippen LogP contribution in [0.1, 0.15) is 44.9 Å². The largest absolute Gasteiger partial charge is 0.320 e. The molecule has 0 radical (unpaired) electrons. The van der Waals surface area contributed by atoms with Crippen molar-refractivity contribution in [3.05, 3.63) is 0 Å². The Balaban J connectivity index is 2.06. The van der Waals surface area contributed by atoms with Crippen LogP contribution in [0.5, 0.6) is 0 Å². The monoisotopic (exact) mass is 262 g/mol. The molecule has 0 heterocycles. The Morgan fingerprint density at radius 2 is 1.82 bits per heavy atom. The van der Waals surface area contributed by atoms with E-state index in [9.17, 15) is 8.42 Å². The Bertz CT molecular complexity index is 285. The molecule has 0 aromatic carbocycles. The third-order valence-electron chi connectivity index (χ3n) is 3.44. The van der Waals surface area contributed by atoms with Crippen molar-refractivity contribution < 1.29 is 8.42 Å². The average molecular weight is 262 g/mol. The molecule has 1 aliphatic carbocycles. The summed E-state index contributed by atoms with van der Waals surface area (Å²) in [6.07, 6.45) is 7.87. The Kier molecular flexibility index (Phi) is 7.08. The highest BCUT2D eigenvalue weighted by molar-refractivity contribution is 7.89. The number of hydrogen-bond donors (Lipinski definition) is 2. The summed E-state index contributed by atoms with van der Waals surface area (Å²) < 4.78 is 26.0. The molecule has 0 aromatic heterocycles. The molecule has 1 fully saturated rings. The molecule has 0 saturated heterocycles. The Labute approximate surface area is 106 Å². The molecule has 4 nitrogen and oxygen atoms in total. The number of unbranched alkanes of at least 4 members (excludes halogenated alkanes) is 1. The third kappa shape index (κ3) is 7.01. The van der Waals surface area contributed by atoms with Crippen molar-refractivity contribution in [2.24, 2.45) is 5.92 Å². The molecule has 0 atom stereocenters. The molecule has 1 rings (SSSR count). The first-order valence-electron chi connectivity index (χ1n) is 6.76. The number of nitrogens with one attached hydrogen (secondary N) is 2. The molecule has 0 aliphatic heterocycles. The quantitative estimate of drug-likeness (QED) is 0.619. The van der Waals surface area contributed by atoms with Crippen LogP contribution >= 0.6 is 0 Å². The standard InChI is InChI=1S/C12H26N2O2S/c1-13-9-4-5-11-17(15,16)14-10-8-12-6-2-3-7-12/h12-14H,2-11H2,1H3. The van der Waals surface area contributed by atoms with E-state index < -0.39 is 10.0 Å². The van der Waals surface area contributed by atoms with Crippen LogP contribution in [-0.2, 0) is 10.0 Å². The van der Waals surface area contributed by atoms with E-state index in [-0.39, 0.29) is 5.75 Å². The van der Waals surface area contributed by atoms with E-state index in [1.807, 2.05) is 7.05 Å². The highest BCUT2D eigenvalue weighted by Gasteiger charge is 2.16. The lowest BCUT2D eigenvalue weighted by Crippen LogP contribution is -2.28. The van der Waals surface area contributed by atoms with Gasteiger partial charge in [-0.1, -0.05) is 25.7 Å². The van der Waals surface area contributed by atoms with Crippen LogP contribution in [0.3, 0.4) is 0 Å². The van der Waals surface area contributed by atoms with Gasteiger partial charge in [0.2, 0.25) is 10.0 Å². The van der Waals surface area contributed by atoms with Gasteiger partial charge in [0, 0.05) is 6.54 Å². The molecule has 1 aliphatic rings. The van der Waals surface area contributed by atoms with Gasteiger partial charge >= 0.3 is 0 Å². The van der Waals surface area contributed by atoms with Crippen LogP contribution in [0, 0.1) is 5.92 Å². The third-order valence-corrected chi connectivity index (χ3v) is 4.91. The number of sulfonamides is 1. The van der Waals surface area contributed by atoms with Crippen molar-refractivity contribution in [2.45, 2.75) is 44.9 Å². The fourth-order valence-electron chi connectivity index (χ4n) is 2.38. The van der Waals surface area contributed by atoms with Crippen molar-refractivity contribution in [2.75, 3.05) is 25.9 Å². The summed E-state index contributed by atoms with van der Waals surface area (Å²) in [5.41, 5.74) is 0. The molecule has 1 saturated carbocycles.